The van der Waals surface area contributed by atoms with E-state index in [2.05, 4.69) is 45.5 Å². The SMILES string of the molecule is C=CC(=O)Nc1cc(Nc2nc(-c3ccnc(N4CCn5c(cc6c5CC(C)(C)C6)C4=O)c3CO)cn(C)c2=O)ccc1[C@@H]1CN(C)C(=O)CN1C1COC1. The Bertz CT molecular complexity index is 2310. The Kier molecular flexibility index (Phi) is 9.18. The number of likely N-dealkylation sites (N-methyl/N-ethyl adjacent to an activating group) is 1. The molecule has 0 saturated carbocycles. The van der Waals surface area contributed by atoms with Gasteiger partial charge in [-0.25, -0.2) is 9.97 Å². The Labute approximate surface area is 318 Å². The number of amides is 3. The number of hydrogen-bond donors (Lipinski definition) is 3. The number of anilines is 4. The molecule has 6 heterocycles. The van der Waals surface area contributed by atoms with Crippen LogP contribution in [0.25, 0.3) is 11.3 Å². The van der Waals surface area contributed by atoms with Gasteiger partial charge < -0.3 is 34.5 Å². The lowest BCUT2D eigenvalue weighted by molar-refractivity contribution is -0.147. The number of hydrogen-bond acceptors (Lipinski definition) is 10. The van der Waals surface area contributed by atoms with E-state index in [1.165, 1.54) is 21.9 Å². The standard InChI is InChI=1S/C40H45N9O6/c1-6-34(51)43-29-14-24(7-8-27(29)33-18-45(4)35(52)19-49(33)25-21-55-22-25)42-36-39(54)46(5)17-30(44-36)26-9-10-41-37(28(26)20-50)48-12-11-47-31(38(48)53)13-23-15-40(2,3)16-32(23)47/h6-10,13-14,17,25,33,50H,1,11-12,15-16,18-22H2,2-5H3,(H,42,44)(H,43,51)/t33-/m0/s1. The molecule has 3 aliphatic heterocycles. The second-order valence-corrected chi connectivity index (χ2v) is 15.6. The largest absolute Gasteiger partial charge is 0.392 e. The first-order valence-corrected chi connectivity index (χ1v) is 18.5. The van der Waals surface area contributed by atoms with Gasteiger partial charge >= 0.3 is 0 Å². The third-order valence-electron chi connectivity index (χ3n) is 11.2. The molecule has 2 saturated heterocycles. The molecule has 3 aromatic heterocycles. The van der Waals surface area contributed by atoms with Crippen LogP contribution in [0.2, 0.25) is 0 Å². The predicted octanol–water partition coefficient (Wildman–Crippen LogP) is 3.00. The van der Waals surface area contributed by atoms with Gasteiger partial charge in [0.05, 0.1) is 44.1 Å². The maximum Gasteiger partial charge on any atom is 0.293 e. The van der Waals surface area contributed by atoms with Crippen LogP contribution >= 0.6 is 0 Å². The summed E-state index contributed by atoms with van der Waals surface area (Å²) in [5.41, 5.74) is 5.91. The van der Waals surface area contributed by atoms with Crippen LogP contribution in [0.3, 0.4) is 0 Å². The van der Waals surface area contributed by atoms with Gasteiger partial charge in [0.15, 0.2) is 5.82 Å². The topological polar surface area (TPSA) is 167 Å². The molecule has 3 amide bonds. The van der Waals surface area contributed by atoms with Crippen molar-refractivity contribution in [2.24, 2.45) is 12.5 Å². The van der Waals surface area contributed by atoms with Crippen molar-refractivity contribution < 1.29 is 24.2 Å². The Morgan fingerprint density at radius 2 is 1.91 bits per heavy atom. The van der Waals surface area contributed by atoms with E-state index in [1.54, 1.807) is 54.5 Å². The van der Waals surface area contributed by atoms with Gasteiger partial charge in [0.25, 0.3) is 11.5 Å². The summed E-state index contributed by atoms with van der Waals surface area (Å²) in [5, 5.41) is 16.8. The number of rotatable bonds is 9. The van der Waals surface area contributed by atoms with E-state index in [4.69, 9.17) is 9.72 Å². The minimum Gasteiger partial charge on any atom is -0.392 e. The molecule has 15 nitrogen and oxygen atoms in total. The number of nitrogens with one attached hydrogen (secondary N) is 2. The van der Waals surface area contributed by atoms with Crippen molar-refractivity contribution in [2.45, 2.75) is 51.9 Å². The van der Waals surface area contributed by atoms with Crippen molar-refractivity contribution in [3.05, 3.63) is 93.8 Å². The van der Waals surface area contributed by atoms with Gasteiger partial charge in [-0.05, 0) is 59.7 Å². The molecule has 2 fully saturated rings. The quantitative estimate of drug-likeness (QED) is 0.217. The first-order valence-electron chi connectivity index (χ1n) is 18.5. The lowest BCUT2D eigenvalue weighted by Crippen LogP contribution is -2.59. The lowest BCUT2D eigenvalue weighted by Gasteiger charge is -2.47. The highest BCUT2D eigenvalue weighted by atomic mass is 16.5. The van der Waals surface area contributed by atoms with Crippen LogP contribution in [0.1, 0.15) is 52.8 Å². The van der Waals surface area contributed by atoms with Crippen molar-refractivity contribution in [1.29, 1.82) is 0 Å². The summed E-state index contributed by atoms with van der Waals surface area (Å²) in [4.78, 5) is 67.5. The van der Waals surface area contributed by atoms with Gasteiger partial charge in [0.1, 0.15) is 11.5 Å². The summed E-state index contributed by atoms with van der Waals surface area (Å²) in [6, 6.07) is 8.97. The molecule has 0 unspecified atom stereocenters. The van der Waals surface area contributed by atoms with E-state index < -0.39 is 18.1 Å². The first-order chi connectivity index (χ1) is 26.3. The zero-order valence-electron chi connectivity index (χ0n) is 31.5. The number of piperazine rings is 1. The minimum absolute atomic E-state index is 0.00968. The van der Waals surface area contributed by atoms with Crippen LogP contribution in [0, 0.1) is 5.41 Å². The number of ether oxygens (including phenoxy) is 1. The Morgan fingerprint density at radius 1 is 1.11 bits per heavy atom. The van der Waals surface area contributed by atoms with E-state index in [9.17, 15) is 24.3 Å². The fourth-order valence-electron chi connectivity index (χ4n) is 8.32. The fraction of sp³-hybridized carbons (Fsp3) is 0.400. The van der Waals surface area contributed by atoms with Crippen molar-refractivity contribution in [3.63, 3.8) is 0 Å². The van der Waals surface area contributed by atoms with Gasteiger partial charge in [-0.2, -0.15) is 0 Å². The monoisotopic (exact) mass is 747 g/mol. The molecule has 1 aliphatic carbocycles. The molecule has 0 bridgehead atoms. The Morgan fingerprint density at radius 3 is 2.64 bits per heavy atom. The number of carbonyl (C=O) groups is 3. The second kappa shape index (κ2) is 13.9. The summed E-state index contributed by atoms with van der Waals surface area (Å²) < 4.78 is 8.98. The highest BCUT2D eigenvalue weighted by Gasteiger charge is 2.40. The van der Waals surface area contributed by atoms with Crippen molar-refractivity contribution >= 4 is 40.7 Å². The fourth-order valence-corrected chi connectivity index (χ4v) is 8.32. The minimum atomic E-state index is -0.416. The molecular weight excluding hydrogens is 702 g/mol. The summed E-state index contributed by atoms with van der Waals surface area (Å²) in [5.74, 6) is -0.218. The molecule has 1 aromatic carbocycles. The van der Waals surface area contributed by atoms with Gasteiger partial charge in [-0.3, -0.25) is 29.0 Å². The van der Waals surface area contributed by atoms with E-state index in [1.807, 2.05) is 12.1 Å². The molecule has 0 spiro atoms. The number of aliphatic hydroxyl groups is 1. The van der Waals surface area contributed by atoms with Crippen LogP contribution < -0.4 is 21.1 Å². The number of aryl methyl sites for hydroxylation is 1. The summed E-state index contributed by atoms with van der Waals surface area (Å²) in [7, 11) is 3.37. The summed E-state index contributed by atoms with van der Waals surface area (Å²) in [6.07, 6.45) is 6.19. The number of aromatic nitrogens is 4. The zero-order chi connectivity index (χ0) is 38.8. The Hall–Kier alpha value is -5.64. The maximum absolute atomic E-state index is 13.9. The number of nitrogens with zero attached hydrogens (tertiary/aromatic N) is 7. The average Bonchev–Trinajstić information content (AvgIpc) is 3.63. The zero-order valence-corrected chi connectivity index (χ0v) is 31.5. The lowest BCUT2D eigenvalue weighted by atomic mass is 9.90. The smallest absolute Gasteiger partial charge is 0.293 e. The van der Waals surface area contributed by atoms with E-state index in [0.717, 1.165) is 18.4 Å². The number of aliphatic hydroxyl groups excluding tert-OH is 1. The average molecular weight is 748 g/mol. The van der Waals surface area contributed by atoms with Crippen molar-refractivity contribution in [1.82, 2.24) is 28.9 Å². The molecule has 286 valence electrons. The van der Waals surface area contributed by atoms with Crippen LogP contribution in [0.15, 0.2) is 60.2 Å². The van der Waals surface area contributed by atoms with Gasteiger partial charge in [-0.1, -0.05) is 26.5 Å². The number of benzene rings is 1. The molecule has 0 radical (unpaired) electrons. The number of pyridine rings is 1. The second-order valence-electron chi connectivity index (χ2n) is 15.6. The summed E-state index contributed by atoms with van der Waals surface area (Å²) >= 11 is 0. The summed E-state index contributed by atoms with van der Waals surface area (Å²) in [6.45, 7) is 10.4. The maximum atomic E-state index is 13.9. The molecule has 55 heavy (non-hydrogen) atoms. The van der Waals surface area contributed by atoms with Crippen LogP contribution in [0.4, 0.5) is 23.0 Å². The van der Waals surface area contributed by atoms with E-state index in [-0.39, 0.29) is 41.7 Å². The molecule has 1 atom stereocenters. The number of carbonyl (C=O) groups excluding carboxylic acids is 3. The van der Waals surface area contributed by atoms with E-state index in [0.29, 0.717) is 72.6 Å². The Balaban J connectivity index is 1.11. The molecule has 4 aromatic rings. The number of fused-ring (bicyclic) bond motifs is 3. The van der Waals surface area contributed by atoms with Gasteiger partial charge in [0.2, 0.25) is 11.8 Å². The van der Waals surface area contributed by atoms with Crippen LogP contribution in [-0.4, -0.2) is 97.7 Å². The highest BCUT2D eigenvalue weighted by Crippen LogP contribution is 2.40. The third kappa shape index (κ3) is 6.51. The van der Waals surface area contributed by atoms with Crippen LogP contribution in [-0.2, 0) is 47.4 Å². The molecule has 3 N–H and O–H groups in total. The van der Waals surface area contributed by atoms with Gasteiger partial charge in [0, 0.05) is 74.3 Å². The molecule has 4 aliphatic rings. The van der Waals surface area contributed by atoms with Crippen molar-refractivity contribution in [2.75, 3.05) is 55.4 Å². The third-order valence-corrected chi connectivity index (χ3v) is 11.2. The van der Waals surface area contributed by atoms with Gasteiger partial charge in [-0.15, -0.1) is 0 Å². The van der Waals surface area contributed by atoms with E-state index >= 15 is 0 Å². The molecule has 8 rings (SSSR count). The van der Waals surface area contributed by atoms with Crippen molar-refractivity contribution in [3.8, 4) is 11.3 Å². The molecule has 15 heteroatoms. The molecular formula is C40H45N9O6. The highest BCUT2D eigenvalue weighted by molar-refractivity contribution is 6.06. The predicted molar refractivity (Wildman–Crippen MR) is 206 cm³/mol. The normalized spacial score (nSPS) is 19.5. The van der Waals surface area contributed by atoms with Crippen LogP contribution in [0.5, 0.6) is 0 Å². The first kappa shape index (κ1) is 36.3.